The number of nitrogens with zero attached hydrogens (tertiary/aromatic N) is 2. The van der Waals surface area contributed by atoms with Crippen LogP contribution in [0, 0.1) is 17.8 Å². The molecule has 11 nitrogen and oxygen atoms in total. The van der Waals surface area contributed by atoms with Crippen molar-refractivity contribution in [1.29, 1.82) is 0 Å². The number of carbonyl (C=O) groups is 2. The fraction of sp³-hybridized carbons (Fsp3) is 0.926. The van der Waals surface area contributed by atoms with Gasteiger partial charge in [-0.2, -0.15) is 0 Å². The summed E-state index contributed by atoms with van der Waals surface area (Å²) in [5.41, 5.74) is 11.8. The van der Waals surface area contributed by atoms with Crippen molar-refractivity contribution in [3.63, 3.8) is 0 Å². The van der Waals surface area contributed by atoms with Crippen LogP contribution in [-0.2, 0) is 14.3 Å². The zero-order chi connectivity index (χ0) is 27.6. The summed E-state index contributed by atoms with van der Waals surface area (Å²) in [5, 5.41) is 13.5. The van der Waals surface area contributed by atoms with E-state index in [-0.39, 0.29) is 54.9 Å². The molecular formula is C27H49FN8O3. The van der Waals surface area contributed by atoms with E-state index in [1.54, 1.807) is 7.11 Å². The van der Waals surface area contributed by atoms with Gasteiger partial charge in [0.2, 0.25) is 11.8 Å². The molecule has 4 saturated heterocycles. The van der Waals surface area contributed by atoms with Crippen LogP contribution in [-0.4, -0.2) is 117 Å². The van der Waals surface area contributed by atoms with E-state index in [0.29, 0.717) is 19.6 Å². The number of halogens is 1. The van der Waals surface area contributed by atoms with Crippen molar-refractivity contribution >= 4 is 11.8 Å². The average Bonchev–Trinajstić information content (AvgIpc) is 3.45. The molecule has 0 aromatic rings. The number of alkyl halides is 1. The van der Waals surface area contributed by atoms with E-state index in [1.165, 1.54) is 0 Å². The summed E-state index contributed by atoms with van der Waals surface area (Å²) in [6.07, 6.45) is 4.92. The number of ether oxygens (including phenoxy) is 1. The van der Waals surface area contributed by atoms with E-state index in [9.17, 15) is 14.0 Å². The van der Waals surface area contributed by atoms with Crippen LogP contribution in [0.2, 0.25) is 0 Å². The number of piperidine rings is 2. The van der Waals surface area contributed by atoms with Gasteiger partial charge in [0.1, 0.15) is 6.17 Å². The lowest BCUT2D eigenvalue weighted by atomic mass is 9.76. The van der Waals surface area contributed by atoms with Crippen molar-refractivity contribution in [3.05, 3.63) is 0 Å². The molecule has 0 radical (unpaired) electrons. The Morgan fingerprint density at radius 1 is 1.03 bits per heavy atom. The van der Waals surface area contributed by atoms with Crippen molar-refractivity contribution in [1.82, 2.24) is 31.1 Å². The van der Waals surface area contributed by atoms with Crippen LogP contribution in [0.3, 0.4) is 0 Å². The third-order valence-corrected chi connectivity index (χ3v) is 10.0. The topological polar surface area (TPSA) is 150 Å². The molecule has 4 heterocycles. The minimum absolute atomic E-state index is 0.0579. The molecule has 1 saturated carbocycles. The highest BCUT2D eigenvalue weighted by Crippen LogP contribution is 2.39. The Balaban J connectivity index is 1.23. The van der Waals surface area contributed by atoms with E-state index in [4.69, 9.17) is 16.2 Å². The summed E-state index contributed by atoms with van der Waals surface area (Å²) in [4.78, 5) is 31.2. The zero-order valence-electron chi connectivity index (χ0n) is 23.4. The van der Waals surface area contributed by atoms with Crippen LogP contribution >= 0.6 is 0 Å². The standard InChI is InChI=1S/C27H49FN8O3/c1-39-20-15-36(16-20)26(38)17-7-10-35(11-8-17)22-6-9-31-14-21(22)34-25(37)23(24(29)30)27(18-4-2-3-5-18)32-12-19(28)13-33-27/h17-24,31-33H,2-16,29-30H2,1H3,(H,34,37). The predicted molar refractivity (Wildman–Crippen MR) is 146 cm³/mol. The van der Waals surface area contributed by atoms with Gasteiger partial charge in [0.25, 0.3) is 0 Å². The lowest BCUT2D eigenvalue weighted by Crippen LogP contribution is -2.77. The summed E-state index contributed by atoms with van der Waals surface area (Å²) < 4.78 is 19.5. The Hall–Kier alpha value is -1.41. The minimum Gasteiger partial charge on any atom is -0.378 e. The Morgan fingerprint density at radius 3 is 2.31 bits per heavy atom. The number of likely N-dealkylation sites (tertiary alicyclic amines) is 2. The summed E-state index contributed by atoms with van der Waals surface area (Å²) in [6, 6.07) is 0.0726. The first-order valence-corrected chi connectivity index (χ1v) is 15.0. The summed E-state index contributed by atoms with van der Waals surface area (Å²) in [6.45, 7) is 4.98. The summed E-state index contributed by atoms with van der Waals surface area (Å²) in [5.74, 6) is -0.437. The lowest BCUT2D eigenvalue weighted by molar-refractivity contribution is -0.149. The van der Waals surface area contributed by atoms with Gasteiger partial charge in [-0.1, -0.05) is 12.8 Å². The maximum atomic E-state index is 14.2. The molecular weight excluding hydrogens is 503 g/mol. The number of nitrogens with two attached hydrogens (primary N) is 2. The highest BCUT2D eigenvalue weighted by atomic mass is 19.1. The lowest BCUT2D eigenvalue weighted by Gasteiger charge is -2.51. The van der Waals surface area contributed by atoms with Crippen molar-refractivity contribution < 1.29 is 18.7 Å². The third-order valence-electron chi connectivity index (χ3n) is 10.0. The number of carbonyl (C=O) groups excluding carboxylic acids is 2. The first-order chi connectivity index (χ1) is 18.8. The van der Waals surface area contributed by atoms with Crippen LogP contribution in [0.15, 0.2) is 0 Å². The molecule has 12 heteroatoms. The monoisotopic (exact) mass is 552 g/mol. The maximum Gasteiger partial charge on any atom is 0.229 e. The third kappa shape index (κ3) is 6.12. The van der Waals surface area contributed by atoms with Gasteiger partial charge in [0.05, 0.1) is 29.9 Å². The van der Waals surface area contributed by atoms with Crippen LogP contribution in [0.5, 0.6) is 0 Å². The van der Waals surface area contributed by atoms with Crippen molar-refractivity contribution in [3.8, 4) is 0 Å². The van der Waals surface area contributed by atoms with Gasteiger partial charge in [-0.15, -0.1) is 0 Å². The number of methoxy groups -OCH3 is 1. The quantitative estimate of drug-likeness (QED) is 0.202. The Bertz CT molecular complexity index is 837. The summed E-state index contributed by atoms with van der Waals surface area (Å²) in [7, 11) is 1.69. The highest BCUT2D eigenvalue weighted by molar-refractivity contribution is 5.81. The Morgan fingerprint density at radius 2 is 1.69 bits per heavy atom. The first kappa shape index (κ1) is 29.1. The van der Waals surface area contributed by atoms with Crippen molar-refractivity contribution in [2.24, 2.45) is 29.2 Å². The molecule has 0 aromatic heterocycles. The molecule has 0 aromatic carbocycles. The van der Waals surface area contributed by atoms with Crippen LogP contribution in [0.1, 0.15) is 44.9 Å². The SMILES string of the molecule is COC1CN(C(=O)C2CCN(C3CCNCC3NC(=O)C(C(N)N)C3(C4CCCC4)NCC(F)CN3)CC2)C1. The minimum atomic E-state index is -1.01. The number of nitrogens with one attached hydrogen (secondary N) is 4. The van der Waals surface area contributed by atoms with Crippen LogP contribution in [0.4, 0.5) is 4.39 Å². The van der Waals surface area contributed by atoms with Crippen molar-refractivity contribution in [2.75, 3.05) is 59.5 Å². The molecule has 5 rings (SSSR count). The van der Waals surface area contributed by atoms with Crippen LogP contribution < -0.4 is 32.7 Å². The van der Waals surface area contributed by atoms with Gasteiger partial charge in [-0.3, -0.25) is 25.1 Å². The maximum absolute atomic E-state index is 14.2. The fourth-order valence-electron chi connectivity index (χ4n) is 7.73. The molecule has 5 aliphatic rings. The fourth-order valence-corrected chi connectivity index (χ4v) is 7.73. The molecule has 3 atom stereocenters. The molecule has 222 valence electrons. The average molecular weight is 553 g/mol. The highest BCUT2D eigenvalue weighted by Gasteiger charge is 2.53. The van der Waals surface area contributed by atoms with Gasteiger partial charge in [0, 0.05) is 51.8 Å². The van der Waals surface area contributed by atoms with E-state index in [0.717, 1.165) is 64.6 Å². The van der Waals surface area contributed by atoms with E-state index >= 15 is 0 Å². The van der Waals surface area contributed by atoms with Gasteiger partial charge in [0.15, 0.2) is 0 Å². The summed E-state index contributed by atoms with van der Waals surface area (Å²) >= 11 is 0. The zero-order valence-corrected chi connectivity index (χ0v) is 23.4. The van der Waals surface area contributed by atoms with Crippen molar-refractivity contribution in [2.45, 2.75) is 81.1 Å². The second-order valence-electron chi connectivity index (χ2n) is 12.4. The number of hydrogen-bond acceptors (Lipinski definition) is 9. The molecule has 3 unspecified atom stereocenters. The number of rotatable bonds is 8. The smallest absolute Gasteiger partial charge is 0.229 e. The largest absolute Gasteiger partial charge is 0.378 e. The van der Waals surface area contributed by atoms with E-state index < -0.39 is 23.9 Å². The molecule has 2 amide bonds. The molecule has 8 N–H and O–H groups in total. The normalized spacial score (nSPS) is 34.7. The van der Waals surface area contributed by atoms with Gasteiger partial charge in [-0.25, -0.2) is 4.39 Å². The molecule has 0 bridgehead atoms. The van der Waals surface area contributed by atoms with Gasteiger partial charge < -0.3 is 31.7 Å². The number of hydrogen-bond donors (Lipinski definition) is 6. The second-order valence-corrected chi connectivity index (χ2v) is 12.4. The number of amides is 2. The van der Waals surface area contributed by atoms with Gasteiger partial charge >= 0.3 is 0 Å². The van der Waals surface area contributed by atoms with E-state index in [2.05, 4.69) is 26.2 Å². The molecule has 4 aliphatic heterocycles. The Labute approximate surface area is 231 Å². The molecule has 0 spiro atoms. The molecule has 39 heavy (non-hydrogen) atoms. The Kier molecular flexibility index (Phi) is 9.42. The van der Waals surface area contributed by atoms with Gasteiger partial charge in [-0.05, 0) is 57.7 Å². The second kappa shape index (κ2) is 12.6. The molecule has 5 fully saturated rings. The first-order valence-electron chi connectivity index (χ1n) is 15.0. The molecule has 1 aliphatic carbocycles. The van der Waals surface area contributed by atoms with Crippen LogP contribution in [0.25, 0.3) is 0 Å². The van der Waals surface area contributed by atoms with E-state index in [1.807, 2.05) is 4.90 Å². The predicted octanol–water partition coefficient (Wildman–Crippen LogP) is -1.32.